The van der Waals surface area contributed by atoms with E-state index in [1.54, 1.807) is 31.2 Å². The summed E-state index contributed by atoms with van der Waals surface area (Å²) in [5.74, 6) is 0.220. The van der Waals surface area contributed by atoms with Gasteiger partial charge in [0.05, 0.1) is 17.6 Å². The quantitative estimate of drug-likeness (QED) is 0.766. The molecule has 1 aromatic carbocycles. The molecule has 0 aliphatic carbocycles. The number of nitrogens with zero attached hydrogens (tertiary/aromatic N) is 1. The van der Waals surface area contributed by atoms with E-state index in [4.69, 9.17) is 9.15 Å². The molecule has 3 aromatic rings. The maximum Gasteiger partial charge on any atom is 0.412 e. The second kappa shape index (κ2) is 6.41. The predicted octanol–water partition coefficient (Wildman–Crippen LogP) is 3.13. The lowest BCUT2D eigenvalue weighted by Crippen LogP contribution is -2.15. The molecule has 7 nitrogen and oxygen atoms in total. The number of rotatable bonds is 3. The van der Waals surface area contributed by atoms with Crippen molar-refractivity contribution >= 4 is 22.9 Å². The van der Waals surface area contributed by atoms with Gasteiger partial charge in [-0.15, -0.1) is 0 Å². The van der Waals surface area contributed by atoms with Crippen LogP contribution in [0.1, 0.15) is 6.92 Å². The highest BCUT2D eigenvalue weighted by Gasteiger charge is 2.15. The zero-order chi connectivity index (χ0) is 17.1. The van der Waals surface area contributed by atoms with Crippen LogP contribution in [0.25, 0.3) is 22.3 Å². The summed E-state index contributed by atoms with van der Waals surface area (Å²) in [5, 5.41) is 12.7. The van der Waals surface area contributed by atoms with E-state index in [1.807, 2.05) is 0 Å². The number of phenolic OH excluding ortho intramolecular Hbond substituents is 1. The lowest BCUT2D eigenvalue weighted by molar-refractivity contribution is 0.168. The van der Waals surface area contributed by atoms with Crippen molar-refractivity contribution in [3.63, 3.8) is 0 Å². The van der Waals surface area contributed by atoms with Gasteiger partial charge in [0.25, 0.3) is 0 Å². The number of ether oxygens (including phenoxy) is 1. The number of carbonyl (C=O) groups excluding carboxylic acids is 1. The van der Waals surface area contributed by atoms with Crippen LogP contribution >= 0.6 is 0 Å². The van der Waals surface area contributed by atoms with Gasteiger partial charge >= 0.3 is 6.09 Å². The first-order valence-corrected chi connectivity index (χ1v) is 7.25. The van der Waals surface area contributed by atoms with Crippen molar-refractivity contribution in [2.75, 3.05) is 11.9 Å². The molecule has 2 aromatic heterocycles. The molecule has 0 bridgehead atoms. The van der Waals surface area contributed by atoms with Crippen LogP contribution in [-0.4, -0.2) is 22.8 Å². The van der Waals surface area contributed by atoms with Crippen LogP contribution in [-0.2, 0) is 4.74 Å². The van der Waals surface area contributed by atoms with E-state index in [2.05, 4.69) is 10.3 Å². The molecule has 3 rings (SSSR count). The first kappa shape index (κ1) is 15.5. The summed E-state index contributed by atoms with van der Waals surface area (Å²) in [6.07, 6.45) is 0.824. The van der Waals surface area contributed by atoms with Crippen molar-refractivity contribution in [1.29, 1.82) is 0 Å². The second-order valence-electron chi connectivity index (χ2n) is 4.87. The van der Waals surface area contributed by atoms with Gasteiger partial charge in [0.2, 0.25) is 0 Å². The average Bonchev–Trinajstić information content (AvgIpc) is 2.56. The van der Waals surface area contributed by atoms with Gasteiger partial charge in [-0.1, -0.05) is 6.07 Å². The van der Waals surface area contributed by atoms with Crippen molar-refractivity contribution in [2.24, 2.45) is 0 Å². The summed E-state index contributed by atoms with van der Waals surface area (Å²) in [6.45, 7) is 1.90. The summed E-state index contributed by atoms with van der Waals surface area (Å²) < 4.78 is 10.5. The number of amides is 1. The number of benzene rings is 1. The third-order valence-electron chi connectivity index (χ3n) is 3.30. The van der Waals surface area contributed by atoms with E-state index in [0.29, 0.717) is 5.56 Å². The summed E-state index contributed by atoms with van der Waals surface area (Å²) in [6, 6.07) is 9.11. The molecule has 1 amide bonds. The molecule has 2 N–H and O–H groups in total. The second-order valence-corrected chi connectivity index (χ2v) is 4.87. The van der Waals surface area contributed by atoms with E-state index in [-0.39, 0.29) is 40.3 Å². The number of anilines is 1. The van der Waals surface area contributed by atoms with Crippen molar-refractivity contribution in [2.45, 2.75) is 6.92 Å². The first-order valence-electron chi connectivity index (χ1n) is 7.25. The molecule has 0 aliphatic rings. The molecular weight excluding hydrogens is 312 g/mol. The zero-order valence-corrected chi connectivity index (χ0v) is 12.8. The maximum absolute atomic E-state index is 12.3. The van der Waals surface area contributed by atoms with E-state index < -0.39 is 6.09 Å². The molecule has 122 valence electrons. The average molecular weight is 326 g/mol. The van der Waals surface area contributed by atoms with E-state index in [9.17, 15) is 14.7 Å². The number of aromatic nitrogens is 1. The fraction of sp³-hybridized carbons (Fsp3) is 0.118. The summed E-state index contributed by atoms with van der Waals surface area (Å²) in [5.41, 5.74) is 0.159. The summed E-state index contributed by atoms with van der Waals surface area (Å²) in [4.78, 5) is 28.0. The predicted molar refractivity (Wildman–Crippen MR) is 88.0 cm³/mol. The van der Waals surface area contributed by atoms with E-state index >= 15 is 0 Å². The minimum atomic E-state index is -0.663. The fourth-order valence-corrected chi connectivity index (χ4v) is 2.26. The highest BCUT2D eigenvalue weighted by atomic mass is 16.5. The van der Waals surface area contributed by atoms with Gasteiger partial charge in [0.1, 0.15) is 11.6 Å². The Kier molecular flexibility index (Phi) is 4.15. The molecule has 0 atom stereocenters. The topological polar surface area (TPSA) is 102 Å². The van der Waals surface area contributed by atoms with Gasteiger partial charge in [0.15, 0.2) is 16.8 Å². The molecule has 24 heavy (non-hydrogen) atoms. The molecule has 0 unspecified atom stereocenters. The van der Waals surface area contributed by atoms with Crippen LogP contribution in [0.2, 0.25) is 0 Å². The summed E-state index contributed by atoms with van der Waals surface area (Å²) in [7, 11) is 0. The van der Waals surface area contributed by atoms with Gasteiger partial charge in [-0.2, -0.15) is 0 Å². The monoisotopic (exact) mass is 326 g/mol. The number of fused-ring (bicyclic) bond motifs is 1. The SMILES string of the molecule is CCOC(=O)Nc1ncccc1-c1cc(=O)c2cccc(O)c2o1. The Morgan fingerprint density at radius 2 is 2.17 bits per heavy atom. The lowest BCUT2D eigenvalue weighted by Gasteiger charge is -2.10. The number of pyridine rings is 1. The van der Waals surface area contributed by atoms with Crippen molar-refractivity contribution in [1.82, 2.24) is 4.98 Å². The fourth-order valence-electron chi connectivity index (χ4n) is 2.26. The minimum Gasteiger partial charge on any atom is -0.504 e. The van der Waals surface area contributed by atoms with Crippen molar-refractivity contribution in [3.05, 3.63) is 52.8 Å². The minimum absolute atomic E-state index is 0.0749. The third-order valence-corrected chi connectivity index (χ3v) is 3.30. The number of hydrogen-bond donors (Lipinski definition) is 2. The molecule has 0 aliphatic heterocycles. The molecule has 0 saturated carbocycles. The standard InChI is InChI=1S/C17H14N2O5/c1-2-23-17(22)19-16-11(6-4-8-18-16)14-9-13(21)10-5-3-7-12(20)15(10)24-14/h3-9,20H,2H2,1H3,(H,18,19,22). The Balaban J connectivity index is 2.13. The lowest BCUT2D eigenvalue weighted by atomic mass is 10.1. The Morgan fingerprint density at radius 1 is 1.33 bits per heavy atom. The van der Waals surface area contributed by atoms with Crippen LogP contribution in [0.15, 0.2) is 51.8 Å². The maximum atomic E-state index is 12.3. The molecule has 0 fully saturated rings. The van der Waals surface area contributed by atoms with E-state index in [0.717, 1.165) is 0 Å². The first-order chi connectivity index (χ1) is 11.6. The Morgan fingerprint density at radius 3 is 2.96 bits per heavy atom. The Hall–Kier alpha value is -3.35. The number of hydrogen-bond acceptors (Lipinski definition) is 6. The molecule has 0 radical (unpaired) electrons. The molecule has 0 saturated heterocycles. The molecule has 7 heteroatoms. The smallest absolute Gasteiger partial charge is 0.412 e. The van der Waals surface area contributed by atoms with Gasteiger partial charge in [-0.3, -0.25) is 10.1 Å². The molecular formula is C17H14N2O5. The number of carbonyl (C=O) groups is 1. The number of para-hydroxylation sites is 1. The van der Waals surface area contributed by atoms with E-state index in [1.165, 1.54) is 18.3 Å². The largest absolute Gasteiger partial charge is 0.504 e. The van der Waals surface area contributed by atoms with Gasteiger partial charge in [-0.25, -0.2) is 9.78 Å². The van der Waals surface area contributed by atoms with Crippen molar-refractivity contribution in [3.8, 4) is 17.1 Å². The van der Waals surface area contributed by atoms with Crippen molar-refractivity contribution < 1.29 is 19.1 Å². The van der Waals surface area contributed by atoms with Gasteiger partial charge < -0.3 is 14.3 Å². The third kappa shape index (κ3) is 2.91. The van der Waals surface area contributed by atoms with Crippen LogP contribution < -0.4 is 10.7 Å². The van der Waals surface area contributed by atoms with Gasteiger partial charge in [0, 0.05) is 12.3 Å². The number of aromatic hydroxyl groups is 1. The Labute approximate surface area is 136 Å². The molecule has 2 heterocycles. The number of phenols is 1. The van der Waals surface area contributed by atoms with Crippen LogP contribution in [0.5, 0.6) is 5.75 Å². The highest BCUT2D eigenvalue weighted by molar-refractivity contribution is 5.90. The molecule has 0 spiro atoms. The highest BCUT2D eigenvalue weighted by Crippen LogP contribution is 2.30. The number of nitrogens with one attached hydrogen (secondary N) is 1. The summed E-state index contributed by atoms with van der Waals surface area (Å²) >= 11 is 0. The van der Waals surface area contributed by atoms with Crippen LogP contribution in [0.4, 0.5) is 10.6 Å². The van der Waals surface area contributed by atoms with Gasteiger partial charge in [-0.05, 0) is 31.2 Å². The normalized spacial score (nSPS) is 10.5. The van der Waals surface area contributed by atoms with Crippen LogP contribution in [0, 0.1) is 0 Å². The zero-order valence-electron chi connectivity index (χ0n) is 12.8. The van der Waals surface area contributed by atoms with Crippen LogP contribution in [0.3, 0.4) is 0 Å². The Bertz CT molecular complexity index is 965.